The van der Waals surface area contributed by atoms with Gasteiger partial charge in [0.05, 0.1) is 0 Å². The van der Waals surface area contributed by atoms with E-state index in [0.29, 0.717) is 25.1 Å². The summed E-state index contributed by atoms with van der Waals surface area (Å²) in [7, 11) is 0. The summed E-state index contributed by atoms with van der Waals surface area (Å²) in [6.45, 7) is 6.63. The summed E-state index contributed by atoms with van der Waals surface area (Å²) in [6, 6.07) is 7.22. The number of nitrogens with zero attached hydrogens (tertiary/aromatic N) is 3. The molecule has 144 valence electrons. The predicted octanol–water partition coefficient (Wildman–Crippen LogP) is 3.88. The van der Waals surface area contributed by atoms with Gasteiger partial charge in [0, 0.05) is 24.2 Å². The Morgan fingerprint density at radius 1 is 1.30 bits per heavy atom. The number of likely N-dealkylation sites (tertiary alicyclic amines) is 1. The van der Waals surface area contributed by atoms with Crippen LogP contribution in [-0.4, -0.2) is 39.5 Å². The monoisotopic (exact) mass is 386 g/mol. The normalized spacial score (nSPS) is 17.2. The second-order valence-corrected chi connectivity index (χ2v) is 8.57. The van der Waals surface area contributed by atoms with Crippen LogP contribution in [0.1, 0.15) is 44.5 Å². The highest BCUT2D eigenvalue weighted by atomic mass is 32.1. The molecule has 1 atom stereocenters. The Balaban J connectivity index is 1.72. The third-order valence-electron chi connectivity index (χ3n) is 4.61. The second kappa shape index (κ2) is 8.61. The Labute approximate surface area is 164 Å². The number of nitrogens with one attached hydrogen (secondary N) is 1. The molecular weight excluding hydrogens is 360 g/mol. The first kappa shape index (κ1) is 19.5. The van der Waals surface area contributed by atoms with Gasteiger partial charge in [0.1, 0.15) is 16.1 Å². The zero-order valence-corrected chi connectivity index (χ0v) is 16.9. The highest BCUT2D eigenvalue weighted by molar-refractivity contribution is 7.14. The molecule has 3 rings (SSSR count). The van der Waals surface area contributed by atoms with Crippen molar-refractivity contribution in [2.24, 2.45) is 5.92 Å². The van der Waals surface area contributed by atoms with E-state index in [4.69, 9.17) is 0 Å². The lowest BCUT2D eigenvalue weighted by molar-refractivity contribution is -0.141. The molecule has 2 aromatic rings. The molecule has 1 unspecified atom stereocenters. The Bertz CT molecular complexity index is 818. The lowest BCUT2D eigenvalue weighted by Crippen LogP contribution is -2.50. The summed E-state index contributed by atoms with van der Waals surface area (Å²) < 4.78 is 0. The first-order chi connectivity index (χ1) is 12.9. The average molecular weight is 387 g/mol. The van der Waals surface area contributed by atoms with Crippen molar-refractivity contribution in [2.45, 2.75) is 52.5 Å². The van der Waals surface area contributed by atoms with Gasteiger partial charge in [-0.2, -0.15) is 0 Å². The van der Waals surface area contributed by atoms with E-state index in [2.05, 4.69) is 15.5 Å². The maximum atomic E-state index is 12.9. The number of amides is 2. The fourth-order valence-electron chi connectivity index (χ4n) is 3.34. The van der Waals surface area contributed by atoms with Crippen molar-refractivity contribution in [3.8, 4) is 10.6 Å². The molecular formula is C20H26N4O2S. The lowest BCUT2D eigenvalue weighted by atomic mass is 9.99. The number of hydrogen-bond donors (Lipinski definition) is 1. The zero-order chi connectivity index (χ0) is 19.4. The molecule has 1 N–H and O–H groups in total. The number of aromatic nitrogens is 2. The van der Waals surface area contributed by atoms with Gasteiger partial charge in [-0.3, -0.25) is 9.59 Å². The van der Waals surface area contributed by atoms with Gasteiger partial charge >= 0.3 is 0 Å². The molecule has 0 spiro atoms. The maximum Gasteiger partial charge on any atom is 0.247 e. The van der Waals surface area contributed by atoms with E-state index in [1.165, 1.54) is 11.3 Å². The minimum atomic E-state index is -0.391. The first-order valence-electron chi connectivity index (χ1n) is 9.45. The second-order valence-electron chi connectivity index (χ2n) is 7.39. The van der Waals surface area contributed by atoms with Gasteiger partial charge < -0.3 is 10.2 Å². The highest BCUT2D eigenvalue weighted by Gasteiger charge is 2.32. The number of anilines is 1. The third-order valence-corrected chi connectivity index (χ3v) is 5.50. The number of hydrogen-bond acceptors (Lipinski definition) is 5. The molecule has 0 bridgehead atoms. The van der Waals surface area contributed by atoms with Crippen molar-refractivity contribution in [3.05, 3.63) is 29.3 Å². The summed E-state index contributed by atoms with van der Waals surface area (Å²) in [5.74, 6) is 0.246. The van der Waals surface area contributed by atoms with Crippen LogP contribution in [0.3, 0.4) is 0 Å². The van der Waals surface area contributed by atoms with Crippen LogP contribution in [0.15, 0.2) is 24.3 Å². The minimum absolute atomic E-state index is 0.0722. The van der Waals surface area contributed by atoms with Crippen molar-refractivity contribution in [2.75, 3.05) is 11.9 Å². The number of benzene rings is 1. The smallest absolute Gasteiger partial charge is 0.247 e. The van der Waals surface area contributed by atoms with Crippen molar-refractivity contribution < 1.29 is 9.59 Å². The fourth-order valence-corrected chi connectivity index (χ4v) is 4.03. The van der Waals surface area contributed by atoms with Crippen LogP contribution < -0.4 is 5.32 Å². The van der Waals surface area contributed by atoms with Gasteiger partial charge in [-0.15, -0.1) is 10.2 Å². The van der Waals surface area contributed by atoms with E-state index >= 15 is 0 Å². The zero-order valence-electron chi connectivity index (χ0n) is 16.1. The van der Waals surface area contributed by atoms with E-state index in [1.54, 1.807) is 4.90 Å². The molecule has 1 aromatic carbocycles. The maximum absolute atomic E-state index is 12.9. The molecule has 0 aliphatic carbocycles. The number of piperidine rings is 1. The summed E-state index contributed by atoms with van der Waals surface area (Å²) >= 11 is 1.52. The van der Waals surface area contributed by atoms with Crippen molar-refractivity contribution in [1.29, 1.82) is 0 Å². The Hall–Kier alpha value is -2.28. The largest absolute Gasteiger partial charge is 0.331 e. The van der Waals surface area contributed by atoms with Gasteiger partial charge in [0.2, 0.25) is 11.8 Å². The Morgan fingerprint density at radius 2 is 2.11 bits per heavy atom. The first-order valence-corrected chi connectivity index (χ1v) is 10.3. The molecule has 1 aromatic heterocycles. The third kappa shape index (κ3) is 4.91. The van der Waals surface area contributed by atoms with Crippen LogP contribution in [-0.2, 0) is 9.59 Å². The molecule has 2 amide bonds. The van der Waals surface area contributed by atoms with E-state index in [1.807, 2.05) is 45.0 Å². The summed E-state index contributed by atoms with van der Waals surface area (Å²) in [5.41, 5.74) is 1.64. The van der Waals surface area contributed by atoms with Crippen LogP contribution >= 0.6 is 11.3 Å². The standard InChI is InChI=1S/C20H26N4O2S/c1-13(2)11-18(25)24-10-5-4-9-17(24)19(26)21-16-8-6-7-15(12-16)20-23-22-14(3)27-20/h6-8,12-13,17H,4-5,9-11H2,1-3H3,(H,21,26). The number of rotatable bonds is 5. The van der Waals surface area contributed by atoms with Gasteiger partial charge in [-0.1, -0.05) is 37.3 Å². The molecule has 0 saturated carbocycles. The molecule has 1 aliphatic rings. The van der Waals surface area contributed by atoms with Crippen molar-refractivity contribution >= 4 is 28.8 Å². The quantitative estimate of drug-likeness (QED) is 0.846. The molecule has 0 radical (unpaired) electrons. The van der Waals surface area contributed by atoms with Crippen LogP contribution in [0.25, 0.3) is 10.6 Å². The topological polar surface area (TPSA) is 75.2 Å². The van der Waals surface area contributed by atoms with Crippen LogP contribution in [0.5, 0.6) is 0 Å². The van der Waals surface area contributed by atoms with Crippen molar-refractivity contribution in [3.63, 3.8) is 0 Å². The summed E-state index contributed by atoms with van der Waals surface area (Å²) in [4.78, 5) is 27.2. The van der Waals surface area contributed by atoms with Crippen molar-refractivity contribution in [1.82, 2.24) is 15.1 Å². The molecule has 27 heavy (non-hydrogen) atoms. The minimum Gasteiger partial charge on any atom is -0.331 e. The van der Waals surface area contributed by atoms with Gasteiger partial charge in [0.25, 0.3) is 0 Å². The predicted molar refractivity (Wildman–Crippen MR) is 108 cm³/mol. The molecule has 1 saturated heterocycles. The number of carbonyl (C=O) groups excluding carboxylic acids is 2. The summed E-state index contributed by atoms with van der Waals surface area (Å²) in [6.07, 6.45) is 3.12. The van der Waals surface area contributed by atoms with E-state index in [9.17, 15) is 9.59 Å². The van der Waals surface area contributed by atoms with Gasteiger partial charge in [-0.25, -0.2) is 0 Å². The Morgan fingerprint density at radius 3 is 2.81 bits per heavy atom. The van der Waals surface area contributed by atoms with Crippen LogP contribution in [0, 0.1) is 12.8 Å². The molecule has 1 aliphatic heterocycles. The fraction of sp³-hybridized carbons (Fsp3) is 0.500. The highest BCUT2D eigenvalue weighted by Crippen LogP contribution is 2.26. The van der Waals surface area contributed by atoms with Gasteiger partial charge in [0.15, 0.2) is 0 Å². The van der Waals surface area contributed by atoms with Crippen LogP contribution in [0.2, 0.25) is 0 Å². The SMILES string of the molecule is Cc1nnc(-c2cccc(NC(=O)C3CCCCN3C(=O)CC(C)C)c2)s1. The van der Waals surface area contributed by atoms with Crippen LogP contribution in [0.4, 0.5) is 5.69 Å². The molecule has 7 heteroatoms. The molecule has 2 heterocycles. The van der Waals surface area contributed by atoms with E-state index in [0.717, 1.165) is 28.4 Å². The lowest BCUT2D eigenvalue weighted by Gasteiger charge is -2.35. The number of carbonyl (C=O) groups is 2. The van der Waals surface area contributed by atoms with E-state index in [-0.39, 0.29) is 17.7 Å². The summed E-state index contributed by atoms with van der Waals surface area (Å²) in [5, 5.41) is 12.9. The Kier molecular flexibility index (Phi) is 6.21. The average Bonchev–Trinajstić information content (AvgIpc) is 3.08. The van der Waals surface area contributed by atoms with Gasteiger partial charge in [-0.05, 0) is 44.2 Å². The molecule has 1 fully saturated rings. The number of aryl methyl sites for hydroxylation is 1. The molecule has 6 nitrogen and oxygen atoms in total. The van der Waals surface area contributed by atoms with E-state index < -0.39 is 6.04 Å².